The Morgan fingerprint density at radius 1 is 1.13 bits per heavy atom. The van der Waals surface area contributed by atoms with E-state index >= 15 is 0 Å². The van der Waals surface area contributed by atoms with Crippen LogP contribution in [0.1, 0.15) is 96.2 Å². The number of esters is 1. The number of aryl methyl sites for hydroxylation is 1. The molecule has 0 unspecified atom stereocenters. The number of pyridine rings is 1. The second kappa shape index (κ2) is 13.2. The molecule has 0 amide bonds. The van der Waals surface area contributed by atoms with E-state index in [0.29, 0.717) is 12.4 Å². The van der Waals surface area contributed by atoms with Crippen LogP contribution in [-0.4, -0.2) is 58.6 Å². The Kier molecular flexibility index (Phi) is 9.66. The van der Waals surface area contributed by atoms with E-state index in [-0.39, 0.29) is 36.3 Å². The summed E-state index contributed by atoms with van der Waals surface area (Å²) in [5.74, 6) is -0.704. The predicted octanol–water partition coefficient (Wildman–Crippen LogP) is 7.68. The number of anilines is 1. The summed E-state index contributed by atoms with van der Waals surface area (Å²) in [6.45, 7) is 13.6. The van der Waals surface area contributed by atoms with Crippen LogP contribution in [0.2, 0.25) is 0 Å². The van der Waals surface area contributed by atoms with Gasteiger partial charge in [0.25, 0.3) is 0 Å². The molecule has 5 rings (SSSR count). The van der Waals surface area contributed by atoms with Gasteiger partial charge in [-0.25, -0.2) is 14.4 Å². The van der Waals surface area contributed by atoms with Crippen LogP contribution in [0.4, 0.5) is 10.3 Å². The molecule has 2 aromatic heterocycles. The van der Waals surface area contributed by atoms with Crippen LogP contribution in [0.25, 0.3) is 28.5 Å². The highest BCUT2D eigenvalue weighted by molar-refractivity contribution is 5.85. The van der Waals surface area contributed by atoms with E-state index in [1.807, 2.05) is 78.0 Å². The van der Waals surface area contributed by atoms with Crippen LogP contribution in [-0.2, 0) is 31.8 Å². The molecule has 9 heteroatoms. The normalized spacial score (nSPS) is 19.5. The Bertz CT molecular complexity index is 1610. The van der Waals surface area contributed by atoms with Crippen LogP contribution >= 0.6 is 0 Å². The number of hydrogen-bond donors (Lipinski definition) is 0. The zero-order chi connectivity index (χ0) is 33.4. The molecule has 1 saturated heterocycles. The fourth-order valence-electron chi connectivity index (χ4n) is 6.29. The van der Waals surface area contributed by atoms with Gasteiger partial charge in [0.1, 0.15) is 11.4 Å². The van der Waals surface area contributed by atoms with E-state index in [9.17, 15) is 9.18 Å². The zero-order valence-electron chi connectivity index (χ0n) is 28.6. The van der Waals surface area contributed by atoms with Gasteiger partial charge in [-0.1, -0.05) is 38.1 Å². The highest BCUT2D eigenvalue weighted by Gasteiger charge is 2.36. The first-order chi connectivity index (χ1) is 21.6. The van der Waals surface area contributed by atoms with E-state index in [2.05, 4.69) is 24.9 Å². The van der Waals surface area contributed by atoms with E-state index in [1.54, 1.807) is 0 Å². The molecular weight excluding hydrogens is 583 g/mol. The van der Waals surface area contributed by atoms with Crippen molar-refractivity contribution in [2.75, 3.05) is 19.0 Å². The fourth-order valence-corrected chi connectivity index (χ4v) is 6.29. The number of hydrogen-bond acceptors (Lipinski definition) is 8. The Hall–Kier alpha value is -3.69. The van der Waals surface area contributed by atoms with Crippen molar-refractivity contribution in [1.29, 1.82) is 0 Å². The van der Waals surface area contributed by atoms with Crippen molar-refractivity contribution in [2.45, 2.75) is 110 Å². The van der Waals surface area contributed by atoms with Crippen LogP contribution < -0.4 is 4.90 Å². The number of carbonyl (C=O) groups is 1. The summed E-state index contributed by atoms with van der Waals surface area (Å²) in [5.41, 5.74) is 7.21. The smallest absolute Gasteiger partial charge is 0.308 e. The van der Waals surface area contributed by atoms with Gasteiger partial charge < -0.3 is 19.1 Å². The summed E-state index contributed by atoms with van der Waals surface area (Å²) in [7, 11) is 3.88. The number of halogens is 1. The fraction of sp³-hybridized carbons (Fsp3) is 0.514. The highest BCUT2D eigenvalue weighted by atomic mass is 19.1. The standard InChI is InChI=1S/C37H47FN4O4/c1-22(2)33-28(18-17-25-19-26(45-37(6,7)44-25)20-31(43)46-36(3,4)5)32(23-13-15-24(38)16-14-23)27-11-10-12-30-29(34(27)41-33)21-39-35(40-30)42(8)9/h13-18,21-22,25-26H,10-12,19-20H2,1-9H3/b18-17+/t25-,26-/m1/s1. The summed E-state index contributed by atoms with van der Waals surface area (Å²) >= 11 is 0. The number of benzene rings is 1. The molecule has 0 bridgehead atoms. The summed E-state index contributed by atoms with van der Waals surface area (Å²) in [5, 5.41) is 0. The molecule has 1 aliphatic heterocycles. The maximum Gasteiger partial charge on any atom is 0.308 e. The van der Waals surface area contributed by atoms with E-state index in [1.165, 1.54) is 12.1 Å². The minimum Gasteiger partial charge on any atom is -0.460 e. The summed E-state index contributed by atoms with van der Waals surface area (Å²) < 4.78 is 32.2. The van der Waals surface area contributed by atoms with Gasteiger partial charge in [-0.15, -0.1) is 0 Å². The zero-order valence-corrected chi connectivity index (χ0v) is 28.6. The summed E-state index contributed by atoms with van der Waals surface area (Å²) in [6, 6.07) is 6.70. The van der Waals surface area contributed by atoms with Crippen molar-refractivity contribution in [3.63, 3.8) is 0 Å². The maximum absolute atomic E-state index is 14.2. The van der Waals surface area contributed by atoms with Gasteiger partial charge in [0.15, 0.2) is 5.79 Å². The lowest BCUT2D eigenvalue weighted by Crippen LogP contribution is -2.45. The summed E-state index contributed by atoms with van der Waals surface area (Å²) in [6.07, 6.45) is 8.51. The van der Waals surface area contributed by atoms with E-state index in [4.69, 9.17) is 24.2 Å². The Labute approximate surface area is 272 Å². The first-order valence-corrected chi connectivity index (χ1v) is 16.2. The molecule has 1 fully saturated rings. The minimum atomic E-state index is -0.887. The lowest BCUT2D eigenvalue weighted by molar-refractivity contribution is -0.290. The molecule has 0 spiro atoms. The first kappa shape index (κ1) is 33.7. The Morgan fingerprint density at radius 3 is 2.50 bits per heavy atom. The third kappa shape index (κ3) is 7.81. The van der Waals surface area contributed by atoms with Gasteiger partial charge in [-0.3, -0.25) is 9.78 Å². The van der Waals surface area contributed by atoms with Crippen molar-refractivity contribution in [3.8, 4) is 22.4 Å². The van der Waals surface area contributed by atoms with Gasteiger partial charge in [0.05, 0.1) is 35.7 Å². The molecule has 46 heavy (non-hydrogen) atoms. The molecule has 3 aromatic rings. The molecule has 0 saturated carbocycles. The van der Waals surface area contributed by atoms with Crippen molar-refractivity contribution in [2.24, 2.45) is 0 Å². The molecule has 2 atom stereocenters. The lowest BCUT2D eigenvalue weighted by atomic mass is 9.86. The lowest BCUT2D eigenvalue weighted by Gasteiger charge is -2.39. The third-order valence-electron chi connectivity index (χ3n) is 8.07. The molecule has 0 radical (unpaired) electrons. The Balaban J connectivity index is 1.61. The van der Waals surface area contributed by atoms with Gasteiger partial charge >= 0.3 is 5.97 Å². The van der Waals surface area contributed by atoms with Crippen LogP contribution in [0.3, 0.4) is 0 Å². The van der Waals surface area contributed by atoms with Gasteiger partial charge in [-0.05, 0) is 88.6 Å². The number of ether oxygens (including phenoxy) is 3. The molecular formula is C37H47FN4O4. The molecule has 3 heterocycles. The average Bonchev–Trinajstić information content (AvgIpc) is 3.12. The van der Waals surface area contributed by atoms with Gasteiger partial charge in [-0.2, -0.15) is 0 Å². The van der Waals surface area contributed by atoms with Crippen LogP contribution in [0, 0.1) is 5.82 Å². The average molecular weight is 631 g/mol. The number of aromatic nitrogens is 3. The second-order valence-corrected chi connectivity index (χ2v) is 14.2. The molecule has 1 aromatic carbocycles. The number of carbonyl (C=O) groups excluding carboxylic acids is 1. The second-order valence-electron chi connectivity index (χ2n) is 14.2. The van der Waals surface area contributed by atoms with Crippen molar-refractivity contribution < 1.29 is 23.4 Å². The van der Waals surface area contributed by atoms with Crippen molar-refractivity contribution in [3.05, 3.63) is 64.9 Å². The quantitative estimate of drug-likeness (QED) is 0.246. The molecule has 0 N–H and O–H groups in total. The van der Waals surface area contributed by atoms with Gasteiger partial charge in [0, 0.05) is 37.8 Å². The third-order valence-corrected chi connectivity index (χ3v) is 8.07. The molecule has 246 valence electrons. The SMILES string of the molecule is CC(C)c1nc2c(c(-c3ccc(F)cc3)c1/C=C/[C@@H]1C[C@H](CC(=O)OC(C)(C)C)OC(C)(C)O1)CCCc1nc(N(C)C)ncc1-2. The largest absolute Gasteiger partial charge is 0.460 e. The number of rotatable bonds is 7. The molecule has 2 aliphatic rings. The Morgan fingerprint density at radius 2 is 1.85 bits per heavy atom. The van der Waals surface area contributed by atoms with Crippen LogP contribution in [0.5, 0.6) is 0 Å². The number of nitrogens with zero attached hydrogens (tertiary/aromatic N) is 4. The van der Waals surface area contributed by atoms with E-state index in [0.717, 1.165) is 64.2 Å². The predicted molar refractivity (Wildman–Crippen MR) is 179 cm³/mol. The van der Waals surface area contributed by atoms with Crippen molar-refractivity contribution >= 4 is 18.0 Å². The highest BCUT2D eigenvalue weighted by Crippen LogP contribution is 2.42. The van der Waals surface area contributed by atoms with Gasteiger partial charge in [0.2, 0.25) is 5.95 Å². The molecule has 1 aliphatic carbocycles. The van der Waals surface area contributed by atoms with Crippen LogP contribution in [0.15, 0.2) is 36.5 Å². The maximum atomic E-state index is 14.2. The summed E-state index contributed by atoms with van der Waals surface area (Å²) in [4.78, 5) is 29.4. The first-order valence-electron chi connectivity index (χ1n) is 16.2. The monoisotopic (exact) mass is 630 g/mol. The molecule has 8 nitrogen and oxygen atoms in total. The van der Waals surface area contributed by atoms with Crippen molar-refractivity contribution in [1.82, 2.24) is 15.0 Å². The topological polar surface area (TPSA) is 86.7 Å². The van der Waals surface area contributed by atoms with E-state index < -0.39 is 11.4 Å². The number of fused-ring (bicyclic) bond motifs is 3. The minimum absolute atomic E-state index is 0.0878.